The van der Waals surface area contributed by atoms with E-state index >= 15 is 0 Å². The van der Waals surface area contributed by atoms with Gasteiger partial charge in [-0.15, -0.1) is 0 Å². The Bertz CT molecular complexity index is 263. The second kappa shape index (κ2) is 4.75. The number of allylic oxidation sites excluding steroid dienone is 1. The van der Waals surface area contributed by atoms with Gasteiger partial charge in [-0.05, 0) is 0 Å². The summed E-state index contributed by atoms with van der Waals surface area (Å²) >= 11 is 2.27. The average molecular weight is 636 g/mol. The fraction of sp³-hybridized carbons (Fsp3) is 0. The zero-order valence-corrected chi connectivity index (χ0v) is 14.7. The summed E-state index contributed by atoms with van der Waals surface area (Å²) in [5, 5.41) is 10.3. The van der Waals surface area contributed by atoms with E-state index in [1.54, 1.807) is 0 Å². The Morgan fingerprint density at radius 1 is 1.90 bits per heavy atom. The first-order valence-electron chi connectivity index (χ1n) is 2.21. The Hall–Kier alpha value is 1.81. The van der Waals surface area contributed by atoms with Crippen molar-refractivity contribution in [3.63, 3.8) is 0 Å². The van der Waals surface area contributed by atoms with Crippen LogP contribution < -0.4 is 0 Å². The van der Waals surface area contributed by atoms with Gasteiger partial charge in [0.1, 0.15) is 0 Å². The van der Waals surface area contributed by atoms with Crippen molar-refractivity contribution < 1.29 is 52.5 Å². The molecule has 0 saturated heterocycles. The quantitative estimate of drug-likeness (QED) is 0.315. The summed E-state index contributed by atoms with van der Waals surface area (Å²) in [6.45, 7) is 0. The van der Waals surface area contributed by atoms with Crippen LogP contribution in [0.5, 0.6) is 0 Å². The molecule has 0 bridgehead atoms. The third-order valence-corrected chi connectivity index (χ3v) is 46.1. The van der Waals surface area contributed by atoms with E-state index in [9.17, 15) is 10.1 Å². The van der Waals surface area contributed by atoms with E-state index in [-0.39, 0.29) is 20.6 Å². The van der Waals surface area contributed by atoms with Crippen LogP contribution in [0.4, 0.5) is 0 Å². The first-order chi connectivity index (χ1) is 4.72. The Morgan fingerprint density at radius 3 is 3.00 bits per heavy atom. The van der Waals surface area contributed by atoms with Gasteiger partial charge in [-0.2, -0.15) is 0 Å². The molecule has 0 aliphatic carbocycles. The summed E-state index contributed by atoms with van der Waals surface area (Å²) in [7, 11) is 0.659. The van der Waals surface area contributed by atoms with Crippen molar-refractivity contribution in [2.45, 2.75) is 0 Å². The van der Waals surface area contributed by atoms with Gasteiger partial charge in [-0.3, -0.25) is 0 Å². The van der Waals surface area contributed by atoms with Crippen molar-refractivity contribution in [1.82, 2.24) is 0 Å². The molecule has 0 unspecified atom stereocenters. The van der Waals surface area contributed by atoms with Crippen LogP contribution >= 0.6 is 15.9 Å². The van der Waals surface area contributed by atoms with Crippen molar-refractivity contribution in [2.75, 3.05) is 0 Å². The molecule has 0 amide bonds. The van der Waals surface area contributed by atoms with Gasteiger partial charge in [0.05, 0.1) is 0 Å². The maximum atomic E-state index is 10.3. The molecule has 7 heteroatoms. The molecule has 0 atom stereocenters. The number of halogens is 1. The van der Waals surface area contributed by atoms with Crippen molar-refractivity contribution in [3.8, 4) is 0 Å². The van der Waals surface area contributed by atoms with E-state index in [1.807, 2.05) is 4.40 Å². The van der Waals surface area contributed by atoms with Crippen LogP contribution in [-0.4, -0.2) is 9.32 Å². The van der Waals surface area contributed by atoms with E-state index in [0.717, 1.165) is 1.52 Å². The molecule has 0 aromatic heterocycles. The van der Waals surface area contributed by atoms with Gasteiger partial charge in [0.15, 0.2) is 0 Å². The zero-order valence-electron chi connectivity index (χ0n) is 4.57. The third kappa shape index (κ3) is 2.70. The fourth-order valence-corrected chi connectivity index (χ4v) is 60.0. The predicted molar refractivity (Wildman–Crippen MR) is 29.0 cm³/mol. The van der Waals surface area contributed by atoms with Crippen LogP contribution in [0.25, 0.3) is 0 Å². The van der Waals surface area contributed by atoms with E-state index < -0.39 is 24.0 Å². The van der Waals surface area contributed by atoms with E-state index in [1.165, 1.54) is 0 Å². The standard InChI is InChI=1S/C3HBrNO2.U.V.W/c1-3(2-4)5(6)7;;;/h1H;;;. The second-order valence-electron chi connectivity index (χ2n) is 1.38. The molecule has 0 spiro atoms. The Labute approximate surface area is 88.4 Å². The summed E-state index contributed by atoms with van der Waals surface area (Å²) in [6.07, 6.45) is 0. The molecular weight excluding hydrogens is 635 g/mol. The fourth-order valence-electron chi connectivity index (χ4n) is 0.375. The van der Waals surface area contributed by atoms with E-state index in [2.05, 4.69) is 15.9 Å². The Kier molecular flexibility index (Phi) is 4.70. The minimum absolute atomic E-state index is 0.235. The van der Waals surface area contributed by atoms with Crippen LogP contribution in [0.1, 0.15) is 0 Å². The first kappa shape index (κ1) is 9.90. The number of hydrogen-bond acceptors (Lipinski definition) is 2. The number of rotatable bonds is 1. The minimum atomic E-state index is -0.739. The van der Waals surface area contributed by atoms with Gasteiger partial charge >= 0.3 is 90.2 Å². The van der Waals surface area contributed by atoms with Crippen LogP contribution in [0, 0.1) is 34.1 Å². The van der Waals surface area contributed by atoms with Gasteiger partial charge in [-0.1, -0.05) is 0 Å². The summed E-state index contributed by atoms with van der Waals surface area (Å²) in [6, 6.07) is 0. The number of nitrogens with zero attached hydrogens (tertiary/aromatic N) is 1. The van der Waals surface area contributed by atoms with Crippen molar-refractivity contribution in [2.24, 2.45) is 0 Å². The van der Waals surface area contributed by atoms with Gasteiger partial charge in [0.25, 0.3) is 0 Å². The summed E-state index contributed by atoms with van der Waals surface area (Å²) in [5.41, 5.74) is 0.432. The SMILES string of the molecule is O=[N+]([O-])C1=[C](Br)[U]=[V][W]=[CH]1. The van der Waals surface area contributed by atoms with Gasteiger partial charge in [0.2, 0.25) is 0 Å². The molecule has 3 nitrogen and oxygen atoms in total. The molecule has 1 rings (SSSR count). The van der Waals surface area contributed by atoms with Crippen molar-refractivity contribution >= 4 is 20.3 Å². The molecular formula is C3HBrNO2UVW. The van der Waals surface area contributed by atoms with E-state index in [4.69, 9.17) is 0 Å². The molecule has 0 fully saturated rings. The van der Waals surface area contributed by atoms with Crippen molar-refractivity contribution in [1.29, 1.82) is 0 Å². The molecule has 1 aliphatic heterocycles. The molecule has 0 aromatic rings. The molecule has 0 N–H and O–H groups in total. The Balaban J connectivity index is 3.04. The average Bonchev–Trinajstić information content (AvgIpc) is 1.88. The first-order valence-corrected chi connectivity index (χ1v) is 21.1. The Morgan fingerprint density at radius 2 is 2.60 bits per heavy atom. The van der Waals surface area contributed by atoms with Crippen LogP contribution in [0.3, 0.4) is 0 Å². The molecule has 0 aromatic carbocycles. The molecule has 52 valence electrons. The summed E-state index contributed by atoms with van der Waals surface area (Å²) in [5.74, 6) is 0. The zero-order chi connectivity index (χ0) is 7.56. The van der Waals surface area contributed by atoms with Crippen molar-refractivity contribution in [3.05, 3.63) is 17.3 Å². The second-order valence-corrected chi connectivity index (χ2v) is 44.4. The third-order valence-electron chi connectivity index (χ3n) is 0.782. The molecule has 0 radical (unpaired) electrons. The maximum absolute atomic E-state index is 10.3. The molecule has 10 heavy (non-hydrogen) atoms. The van der Waals surface area contributed by atoms with Crippen LogP contribution in [0.15, 0.2) is 7.21 Å². The van der Waals surface area contributed by atoms with Gasteiger partial charge in [0, 0.05) is 0 Å². The molecule has 0 saturated carbocycles. The number of nitro groups is 1. The van der Waals surface area contributed by atoms with Gasteiger partial charge < -0.3 is 0 Å². The predicted octanol–water partition coefficient (Wildman–Crippen LogP) is 0.723. The monoisotopic (exact) mass is 635 g/mol. The normalized spacial score (nSPS) is 15.3. The van der Waals surface area contributed by atoms with E-state index in [0.29, 0.717) is 13.6 Å². The topological polar surface area (TPSA) is 43.1 Å². The molecule has 1 aliphatic rings. The summed E-state index contributed by atoms with van der Waals surface area (Å²) in [4.78, 5) is 10.1. The van der Waals surface area contributed by atoms with Crippen LogP contribution in [0.2, 0.25) is 0 Å². The summed E-state index contributed by atoms with van der Waals surface area (Å²) < 4.78 is 2.94. The van der Waals surface area contributed by atoms with Gasteiger partial charge in [-0.25, -0.2) is 0 Å². The molecule has 1 heterocycles. The number of hydrogen-bond donors (Lipinski definition) is 0. The van der Waals surface area contributed by atoms with Crippen LogP contribution in [-0.2, 0) is 23.6 Å².